The van der Waals surface area contributed by atoms with Crippen LogP contribution in [0.2, 0.25) is 0 Å². The van der Waals surface area contributed by atoms with Crippen molar-refractivity contribution in [2.24, 2.45) is 0 Å². The fraction of sp³-hybridized carbons (Fsp3) is 0.467. The summed E-state index contributed by atoms with van der Waals surface area (Å²) in [6, 6.07) is 7.55. The van der Waals surface area contributed by atoms with Gasteiger partial charge in [-0.1, -0.05) is 19.1 Å². The third-order valence-electron chi connectivity index (χ3n) is 2.99. The SMILES string of the molecule is CCNC(=O)CN(CC)C(=O)c1ccc(CC)cc1. The van der Waals surface area contributed by atoms with Gasteiger partial charge in [0.05, 0.1) is 6.54 Å². The van der Waals surface area contributed by atoms with Gasteiger partial charge in [-0.05, 0) is 38.0 Å². The van der Waals surface area contributed by atoms with Crippen LogP contribution in [0.5, 0.6) is 0 Å². The van der Waals surface area contributed by atoms with E-state index in [-0.39, 0.29) is 18.4 Å². The molecule has 1 aromatic carbocycles. The standard InChI is InChI=1S/C15H22N2O2/c1-4-12-7-9-13(10-8-12)15(19)17(6-3)11-14(18)16-5-2/h7-10H,4-6,11H2,1-3H3,(H,16,18). The Morgan fingerprint density at radius 1 is 1.11 bits per heavy atom. The highest BCUT2D eigenvalue weighted by molar-refractivity contribution is 5.96. The zero-order chi connectivity index (χ0) is 14.3. The summed E-state index contributed by atoms with van der Waals surface area (Å²) < 4.78 is 0. The number of carbonyl (C=O) groups excluding carboxylic acids is 2. The van der Waals surface area contributed by atoms with E-state index in [9.17, 15) is 9.59 Å². The van der Waals surface area contributed by atoms with E-state index in [0.717, 1.165) is 6.42 Å². The van der Waals surface area contributed by atoms with Gasteiger partial charge in [0.25, 0.3) is 5.91 Å². The minimum atomic E-state index is -0.122. The van der Waals surface area contributed by atoms with Gasteiger partial charge in [0.2, 0.25) is 5.91 Å². The van der Waals surface area contributed by atoms with Gasteiger partial charge in [-0.25, -0.2) is 0 Å². The lowest BCUT2D eigenvalue weighted by molar-refractivity contribution is -0.121. The molecule has 19 heavy (non-hydrogen) atoms. The first-order valence-corrected chi connectivity index (χ1v) is 6.77. The first-order chi connectivity index (χ1) is 9.12. The maximum Gasteiger partial charge on any atom is 0.254 e. The number of nitrogens with one attached hydrogen (secondary N) is 1. The number of nitrogens with zero attached hydrogens (tertiary/aromatic N) is 1. The lowest BCUT2D eigenvalue weighted by Crippen LogP contribution is -2.40. The molecule has 0 heterocycles. The van der Waals surface area contributed by atoms with E-state index in [4.69, 9.17) is 0 Å². The molecule has 0 atom stereocenters. The summed E-state index contributed by atoms with van der Waals surface area (Å²) in [5.74, 6) is -0.223. The number of aryl methyl sites for hydroxylation is 1. The van der Waals surface area contributed by atoms with Crippen LogP contribution >= 0.6 is 0 Å². The van der Waals surface area contributed by atoms with E-state index < -0.39 is 0 Å². The first kappa shape index (κ1) is 15.2. The number of likely N-dealkylation sites (N-methyl/N-ethyl adjacent to an activating group) is 2. The van der Waals surface area contributed by atoms with E-state index in [2.05, 4.69) is 12.2 Å². The van der Waals surface area contributed by atoms with Gasteiger partial charge < -0.3 is 10.2 Å². The van der Waals surface area contributed by atoms with Gasteiger partial charge in [0.1, 0.15) is 0 Å². The van der Waals surface area contributed by atoms with E-state index in [1.165, 1.54) is 5.56 Å². The lowest BCUT2D eigenvalue weighted by Gasteiger charge is -2.20. The number of amides is 2. The van der Waals surface area contributed by atoms with Gasteiger partial charge in [0.15, 0.2) is 0 Å². The minimum absolute atomic E-state index is 0.101. The Balaban J connectivity index is 2.74. The maximum atomic E-state index is 12.3. The van der Waals surface area contributed by atoms with Gasteiger partial charge in [-0.15, -0.1) is 0 Å². The summed E-state index contributed by atoms with van der Waals surface area (Å²) in [6.07, 6.45) is 0.949. The second kappa shape index (κ2) is 7.56. The van der Waals surface area contributed by atoms with Crippen LogP contribution in [-0.2, 0) is 11.2 Å². The molecular formula is C15H22N2O2. The van der Waals surface area contributed by atoms with E-state index in [0.29, 0.717) is 18.7 Å². The molecule has 0 radical (unpaired) electrons. The zero-order valence-electron chi connectivity index (χ0n) is 11.9. The van der Waals surface area contributed by atoms with Crippen LogP contribution in [0.25, 0.3) is 0 Å². The third-order valence-corrected chi connectivity index (χ3v) is 2.99. The van der Waals surface area contributed by atoms with Crippen LogP contribution in [0.1, 0.15) is 36.7 Å². The quantitative estimate of drug-likeness (QED) is 0.850. The summed E-state index contributed by atoms with van der Waals surface area (Å²) in [4.78, 5) is 25.4. The van der Waals surface area contributed by atoms with Gasteiger partial charge in [-0.2, -0.15) is 0 Å². The van der Waals surface area contributed by atoms with Crippen LogP contribution in [-0.4, -0.2) is 36.3 Å². The van der Waals surface area contributed by atoms with E-state index >= 15 is 0 Å². The predicted molar refractivity (Wildman–Crippen MR) is 76.1 cm³/mol. The first-order valence-electron chi connectivity index (χ1n) is 6.77. The normalized spacial score (nSPS) is 10.1. The van der Waals surface area contributed by atoms with Crippen molar-refractivity contribution in [2.75, 3.05) is 19.6 Å². The number of benzene rings is 1. The molecule has 0 aliphatic rings. The molecule has 0 spiro atoms. The highest BCUT2D eigenvalue weighted by Crippen LogP contribution is 2.08. The molecule has 1 N–H and O–H groups in total. The molecule has 0 saturated carbocycles. The maximum absolute atomic E-state index is 12.3. The van der Waals surface area contributed by atoms with E-state index in [1.807, 2.05) is 38.1 Å². The molecular weight excluding hydrogens is 240 g/mol. The Bertz CT molecular complexity index is 426. The molecule has 2 amide bonds. The van der Waals surface area contributed by atoms with Crippen LogP contribution in [0.15, 0.2) is 24.3 Å². The van der Waals surface area contributed by atoms with Crippen molar-refractivity contribution in [1.29, 1.82) is 0 Å². The van der Waals surface area contributed by atoms with Crippen LogP contribution in [0.4, 0.5) is 0 Å². The van der Waals surface area contributed by atoms with Crippen LogP contribution in [0.3, 0.4) is 0 Å². The summed E-state index contributed by atoms with van der Waals surface area (Å²) in [7, 11) is 0. The fourth-order valence-electron chi connectivity index (χ4n) is 1.82. The molecule has 0 unspecified atom stereocenters. The molecule has 0 saturated heterocycles. The van der Waals surface area contributed by atoms with Crippen LogP contribution in [0, 0.1) is 0 Å². The van der Waals surface area contributed by atoms with Crippen molar-refractivity contribution in [2.45, 2.75) is 27.2 Å². The van der Waals surface area contributed by atoms with Crippen molar-refractivity contribution in [3.05, 3.63) is 35.4 Å². The summed E-state index contributed by atoms with van der Waals surface area (Å²) in [6.45, 7) is 7.02. The van der Waals surface area contributed by atoms with Crippen molar-refractivity contribution < 1.29 is 9.59 Å². The van der Waals surface area contributed by atoms with Crippen LogP contribution < -0.4 is 5.32 Å². The number of hydrogen-bond acceptors (Lipinski definition) is 2. The Hall–Kier alpha value is -1.84. The lowest BCUT2D eigenvalue weighted by atomic mass is 10.1. The molecule has 4 heteroatoms. The largest absolute Gasteiger partial charge is 0.355 e. The Morgan fingerprint density at radius 2 is 1.74 bits per heavy atom. The van der Waals surface area contributed by atoms with Crippen molar-refractivity contribution in [1.82, 2.24) is 10.2 Å². The molecule has 4 nitrogen and oxygen atoms in total. The van der Waals surface area contributed by atoms with Gasteiger partial charge >= 0.3 is 0 Å². The number of carbonyl (C=O) groups is 2. The summed E-state index contributed by atoms with van der Waals surface area (Å²) >= 11 is 0. The number of hydrogen-bond donors (Lipinski definition) is 1. The third kappa shape index (κ3) is 4.39. The molecule has 104 valence electrons. The zero-order valence-corrected chi connectivity index (χ0v) is 11.9. The molecule has 1 aromatic rings. The molecule has 0 bridgehead atoms. The van der Waals surface area contributed by atoms with Crippen molar-refractivity contribution in [3.63, 3.8) is 0 Å². The number of rotatable bonds is 6. The van der Waals surface area contributed by atoms with Crippen molar-refractivity contribution >= 4 is 11.8 Å². The Labute approximate surface area is 114 Å². The molecule has 1 rings (SSSR count). The van der Waals surface area contributed by atoms with Gasteiger partial charge in [-0.3, -0.25) is 9.59 Å². The average molecular weight is 262 g/mol. The summed E-state index contributed by atoms with van der Waals surface area (Å²) in [5, 5.41) is 2.70. The average Bonchev–Trinajstić information content (AvgIpc) is 2.44. The molecule has 0 aliphatic heterocycles. The van der Waals surface area contributed by atoms with E-state index in [1.54, 1.807) is 4.90 Å². The minimum Gasteiger partial charge on any atom is -0.355 e. The monoisotopic (exact) mass is 262 g/mol. The van der Waals surface area contributed by atoms with Gasteiger partial charge in [0, 0.05) is 18.7 Å². The molecule has 0 fully saturated rings. The second-order valence-corrected chi connectivity index (χ2v) is 4.32. The summed E-state index contributed by atoms with van der Waals surface area (Å²) in [5.41, 5.74) is 1.83. The Kier molecular flexibility index (Phi) is 6.06. The highest BCUT2D eigenvalue weighted by atomic mass is 16.2. The predicted octanol–water partition coefficient (Wildman–Crippen LogP) is 1.85. The fourth-order valence-corrected chi connectivity index (χ4v) is 1.82. The highest BCUT2D eigenvalue weighted by Gasteiger charge is 2.16. The molecule has 0 aromatic heterocycles. The smallest absolute Gasteiger partial charge is 0.254 e. The molecule has 0 aliphatic carbocycles. The topological polar surface area (TPSA) is 49.4 Å². The Morgan fingerprint density at radius 3 is 2.21 bits per heavy atom. The second-order valence-electron chi connectivity index (χ2n) is 4.32. The van der Waals surface area contributed by atoms with Crippen molar-refractivity contribution in [3.8, 4) is 0 Å².